The van der Waals surface area contributed by atoms with Gasteiger partial charge < -0.3 is 14.6 Å². The first-order valence-electron chi connectivity index (χ1n) is 8.38. The van der Waals surface area contributed by atoms with Crippen LogP contribution in [0.1, 0.15) is 41.1 Å². The van der Waals surface area contributed by atoms with Crippen molar-refractivity contribution >= 4 is 35.1 Å². The Morgan fingerprint density at radius 2 is 2.08 bits per heavy atom. The lowest BCUT2D eigenvalue weighted by Gasteiger charge is -2.22. The van der Waals surface area contributed by atoms with Crippen LogP contribution in [0.2, 0.25) is 0 Å². The topological polar surface area (TPSA) is 79.5 Å². The highest BCUT2D eigenvalue weighted by Gasteiger charge is 2.25. The van der Waals surface area contributed by atoms with E-state index in [-0.39, 0.29) is 24.0 Å². The zero-order valence-electron chi connectivity index (χ0n) is 14.7. The van der Waals surface area contributed by atoms with Crippen LogP contribution in [-0.4, -0.2) is 41.0 Å². The van der Waals surface area contributed by atoms with Crippen molar-refractivity contribution in [1.29, 1.82) is 0 Å². The van der Waals surface area contributed by atoms with Gasteiger partial charge in [0.1, 0.15) is 5.69 Å². The summed E-state index contributed by atoms with van der Waals surface area (Å²) in [6.07, 6.45) is 2.31. The second-order valence-electron chi connectivity index (χ2n) is 6.16. The van der Waals surface area contributed by atoms with Crippen LogP contribution in [0.25, 0.3) is 0 Å². The summed E-state index contributed by atoms with van der Waals surface area (Å²) in [6, 6.07) is 9.17. The molecule has 3 rings (SSSR count). The number of nitrogens with one attached hydrogen (secondary N) is 1. The molecule has 0 bridgehead atoms. The average molecular weight is 372 g/mol. The molecule has 0 fully saturated rings. The molecule has 0 saturated carbocycles. The number of fused-ring (bicyclic) bond motifs is 1. The third-order valence-corrected chi connectivity index (χ3v) is 5.42. The number of aromatic amines is 1. The van der Waals surface area contributed by atoms with Gasteiger partial charge in [0.2, 0.25) is 0 Å². The number of hydrogen-bond donors (Lipinski definition) is 1. The predicted molar refractivity (Wildman–Crippen MR) is 99.8 cm³/mol. The fourth-order valence-corrected chi connectivity index (χ4v) is 3.86. The Labute approximate surface area is 155 Å². The SMILES string of the molecule is CC(=O)c1c[nH]c(C(=O)OCC(=O)N2CCC(C)Sc3ccccc32)c1. The number of benzene rings is 1. The third-order valence-electron chi connectivity index (χ3n) is 4.18. The molecule has 2 aromatic rings. The van der Waals surface area contributed by atoms with E-state index >= 15 is 0 Å². The Kier molecular flexibility index (Phi) is 5.46. The lowest BCUT2D eigenvalue weighted by molar-refractivity contribution is -0.121. The van der Waals surface area contributed by atoms with E-state index in [9.17, 15) is 14.4 Å². The van der Waals surface area contributed by atoms with Gasteiger partial charge in [-0.05, 0) is 31.5 Å². The van der Waals surface area contributed by atoms with E-state index in [0.717, 1.165) is 17.0 Å². The summed E-state index contributed by atoms with van der Waals surface area (Å²) in [7, 11) is 0. The molecule has 7 heteroatoms. The van der Waals surface area contributed by atoms with Crippen LogP contribution in [0.3, 0.4) is 0 Å². The van der Waals surface area contributed by atoms with E-state index in [4.69, 9.17) is 4.74 Å². The fraction of sp³-hybridized carbons (Fsp3) is 0.316. The Bertz CT molecular complexity index is 846. The van der Waals surface area contributed by atoms with Crippen molar-refractivity contribution in [2.45, 2.75) is 30.4 Å². The molecule has 1 aromatic heterocycles. The van der Waals surface area contributed by atoms with Crippen LogP contribution in [0.5, 0.6) is 0 Å². The highest BCUT2D eigenvalue weighted by Crippen LogP contribution is 2.37. The number of amides is 1. The number of rotatable bonds is 4. The number of nitrogens with zero attached hydrogens (tertiary/aromatic N) is 1. The zero-order chi connectivity index (χ0) is 18.7. The van der Waals surface area contributed by atoms with Crippen LogP contribution in [-0.2, 0) is 9.53 Å². The Balaban J connectivity index is 1.68. The van der Waals surface area contributed by atoms with Gasteiger partial charge in [-0.25, -0.2) is 4.79 Å². The number of esters is 1. The summed E-state index contributed by atoms with van der Waals surface area (Å²) < 4.78 is 5.14. The zero-order valence-corrected chi connectivity index (χ0v) is 15.5. The molecule has 0 spiro atoms. The van der Waals surface area contributed by atoms with Gasteiger partial charge in [-0.2, -0.15) is 0 Å². The number of H-pyrrole nitrogens is 1. The number of anilines is 1. The maximum Gasteiger partial charge on any atom is 0.355 e. The molecule has 2 heterocycles. The van der Waals surface area contributed by atoms with Crippen molar-refractivity contribution in [2.24, 2.45) is 0 Å². The van der Waals surface area contributed by atoms with Gasteiger partial charge in [0.05, 0.1) is 5.69 Å². The van der Waals surface area contributed by atoms with Crippen molar-refractivity contribution in [1.82, 2.24) is 4.98 Å². The first-order chi connectivity index (χ1) is 12.5. The van der Waals surface area contributed by atoms with Gasteiger partial charge in [-0.3, -0.25) is 9.59 Å². The number of hydrogen-bond acceptors (Lipinski definition) is 5. The summed E-state index contributed by atoms with van der Waals surface area (Å²) >= 11 is 1.74. The molecule has 1 unspecified atom stereocenters. The molecule has 0 aliphatic carbocycles. The van der Waals surface area contributed by atoms with Crippen molar-refractivity contribution in [3.63, 3.8) is 0 Å². The number of aromatic nitrogens is 1. The van der Waals surface area contributed by atoms with Gasteiger partial charge in [0, 0.05) is 28.5 Å². The molecule has 1 N–H and O–H groups in total. The maximum absolute atomic E-state index is 12.6. The molecular weight excluding hydrogens is 352 g/mol. The van der Waals surface area contributed by atoms with Crippen LogP contribution in [0, 0.1) is 0 Å². The molecule has 1 aliphatic rings. The largest absolute Gasteiger partial charge is 0.451 e. The number of ether oxygens (including phenoxy) is 1. The van der Waals surface area contributed by atoms with Gasteiger partial charge in [-0.15, -0.1) is 11.8 Å². The number of Topliss-reactive ketones (excluding diaryl/α,β-unsaturated/α-hetero) is 1. The second-order valence-corrected chi connectivity index (χ2v) is 7.64. The van der Waals surface area contributed by atoms with Crippen molar-refractivity contribution in [2.75, 3.05) is 18.1 Å². The fourth-order valence-electron chi connectivity index (χ4n) is 2.74. The van der Waals surface area contributed by atoms with Gasteiger partial charge >= 0.3 is 5.97 Å². The molecule has 1 aliphatic heterocycles. The van der Waals surface area contributed by atoms with Gasteiger partial charge in [-0.1, -0.05) is 19.1 Å². The smallest absolute Gasteiger partial charge is 0.355 e. The molecule has 0 saturated heterocycles. The minimum absolute atomic E-state index is 0.149. The van der Waals surface area contributed by atoms with Crippen LogP contribution in [0.15, 0.2) is 41.4 Å². The van der Waals surface area contributed by atoms with Crippen molar-refractivity contribution in [3.8, 4) is 0 Å². The van der Waals surface area contributed by atoms with E-state index in [2.05, 4.69) is 11.9 Å². The number of carbonyl (C=O) groups excluding carboxylic acids is 3. The standard InChI is InChI=1S/C19H20N2O4S/c1-12-7-8-21(16-5-3-4-6-17(16)26-12)18(23)11-25-19(24)15-9-14(10-20-15)13(2)22/h3-6,9-10,12,20H,7-8,11H2,1-2H3. The summed E-state index contributed by atoms with van der Waals surface area (Å²) in [5.74, 6) is -1.07. The van der Waals surface area contributed by atoms with Gasteiger partial charge in [0.25, 0.3) is 5.91 Å². The van der Waals surface area contributed by atoms with E-state index in [0.29, 0.717) is 17.4 Å². The number of carbonyl (C=O) groups is 3. The molecule has 1 amide bonds. The highest BCUT2D eigenvalue weighted by molar-refractivity contribution is 8.00. The number of para-hydroxylation sites is 1. The molecule has 0 radical (unpaired) electrons. The Morgan fingerprint density at radius 1 is 1.31 bits per heavy atom. The third kappa shape index (κ3) is 3.99. The average Bonchev–Trinajstić information content (AvgIpc) is 3.05. The normalized spacial score (nSPS) is 16.5. The van der Waals surface area contributed by atoms with Crippen molar-refractivity contribution in [3.05, 3.63) is 47.8 Å². The minimum Gasteiger partial charge on any atom is -0.451 e. The monoisotopic (exact) mass is 372 g/mol. The second kappa shape index (κ2) is 7.78. The van der Waals surface area contributed by atoms with Crippen LogP contribution < -0.4 is 4.90 Å². The predicted octanol–water partition coefficient (Wildman–Crippen LogP) is 3.29. The lowest BCUT2D eigenvalue weighted by atomic mass is 10.2. The first kappa shape index (κ1) is 18.3. The molecular formula is C19H20N2O4S. The van der Waals surface area contributed by atoms with Crippen LogP contribution >= 0.6 is 11.8 Å². The van der Waals surface area contributed by atoms with Gasteiger partial charge in [0.15, 0.2) is 12.4 Å². The van der Waals surface area contributed by atoms with Crippen LogP contribution in [0.4, 0.5) is 5.69 Å². The summed E-state index contributed by atoms with van der Waals surface area (Å²) in [5.41, 5.74) is 1.40. The molecule has 1 atom stereocenters. The van der Waals surface area contributed by atoms with Crippen molar-refractivity contribution < 1.29 is 19.1 Å². The molecule has 6 nitrogen and oxygen atoms in total. The summed E-state index contributed by atoms with van der Waals surface area (Å²) in [4.78, 5) is 41.5. The highest BCUT2D eigenvalue weighted by atomic mass is 32.2. The van der Waals surface area contributed by atoms with E-state index < -0.39 is 5.97 Å². The van der Waals surface area contributed by atoms with E-state index in [1.54, 1.807) is 16.7 Å². The quantitative estimate of drug-likeness (QED) is 0.658. The minimum atomic E-state index is -0.656. The summed E-state index contributed by atoms with van der Waals surface area (Å²) in [6.45, 7) is 3.78. The number of thioether (sulfide) groups is 1. The van der Waals surface area contributed by atoms with E-state index in [1.807, 2.05) is 24.3 Å². The van der Waals surface area contributed by atoms with E-state index in [1.165, 1.54) is 19.2 Å². The Hall–Kier alpha value is -2.54. The maximum atomic E-state index is 12.6. The Morgan fingerprint density at radius 3 is 2.81 bits per heavy atom. The molecule has 26 heavy (non-hydrogen) atoms. The summed E-state index contributed by atoms with van der Waals surface area (Å²) in [5, 5.41) is 0.403. The number of ketones is 1. The molecule has 136 valence electrons. The first-order valence-corrected chi connectivity index (χ1v) is 9.26. The lowest BCUT2D eigenvalue weighted by Crippen LogP contribution is -2.35. The molecule has 1 aromatic carbocycles.